The van der Waals surface area contributed by atoms with Gasteiger partial charge in [0.05, 0.1) is 4.90 Å². The molecular formula is C9H4F5KO4S. The largest absolute Gasteiger partial charge is 1.00 e. The van der Waals surface area contributed by atoms with Crippen molar-refractivity contribution in [3.8, 4) is 5.75 Å². The SMILES string of the molecule is O=S(=O)([O-])c1ccccc1OC(F)(F)C(F)=C(F)F.[K+]. The summed E-state index contributed by atoms with van der Waals surface area (Å²) in [4.78, 5) is -1.22. The van der Waals surface area contributed by atoms with Crippen LogP contribution in [0.15, 0.2) is 41.1 Å². The quantitative estimate of drug-likeness (QED) is 0.426. The summed E-state index contributed by atoms with van der Waals surface area (Å²) < 4.78 is 97.4. The standard InChI is InChI=1S/C9H5F5O4S.K/c10-7(8(11)12)9(13,14)18-5-3-1-2-4-6(5)19(15,16)17;/h1-4H,(H,15,16,17);/q;+1/p-1. The molecule has 1 aromatic carbocycles. The van der Waals surface area contributed by atoms with E-state index in [1.807, 2.05) is 0 Å². The van der Waals surface area contributed by atoms with Gasteiger partial charge in [-0.1, -0.05) is 12.1 Å². The predicted molar refractivity (Wildman–Crippen MR) is 50.3 cm³/mol. The predicted octanol–water partition coefficient (Wildman–Crippen LogP) is -0.356. The maximum absolute atomic E-state index is 12.9. The molecule has 0 amide bonds. The molecule has 106 valence electrons. The molecule has 1 aromatic rings. The number of rotatable bonds is 4. The second-order valence-corrected chi connectivity index (χ2v) is 4.44. The van der Waals surface area contributed by atoms with Crippen molar-refractivity contribution < 1.29 is 91.0 Å². The van der Waals surface area contributed by atoms with Gasteiger partial charge in [-0.2, -0.15) is 22.0 Å². The average Bonchev–Trinajstić information content (AvgIpc) is 2.26. The Balaban J connectivity index is 0.00000361. The fraction of sp³-hybridized carbons (Fsp3) is 0.111. The van der Waals surface area contributed by atoms with Gasteiger partial charge in [0.2, 0.25) is 0 Å². The Bertz CT molecular complexity index is 613. The summed E-state index contributed by atoms with van der Waals surface area (Å²) in [6.45, 7) is 0. The first-order chi connectivity index (χ1) is 8.55. The van der Waals surface area contributed by atoms with Crippen LogP contribution in [0.1, 0.15) is 0 Å². The third-order valence-electron chi connectivity index (χ3n) is 1.78. The fourth-order valence-electron chi connectivity index (χ4n) is 1.03. The van der Waals surface area contributed by atoms with Crippen LogP contribution in [-0.2, 0) is 10.1 Å². The molecule has 0 spiro atoms. The van der Waals surface area contributed by atoms with Crippen LogP contribution >= 0.6 is 0 Å². The van der Waals surface area contributed by atoms with Crippen molar-refractivity contribution in [3.63, 3.8) is 0 Å². The summed E-state index contributed by atoms with van der Waals surface area (Å²) in [5.41, 5.74) is 0. The normalized spacial score (nSPS) is 11.5. The molecule has 0 atom stereocenters. The summed E-state index contributed by atoms with van der Waals surface area (Å²) in [6, 6.07) is 3.22. The maximum atomic E-state index is 12.9. The van der Waals surface area contributed by atoms with Crippen molar-refractivity contribution in [2.24, 2.45) is 0 Å². The molecule has 0 saturated heterocycles. The summed E-state index contributed by atoms with van der Waals surface area (Å²) in [7, 11) is -5.19. The van der Waals surface area contributed by atoms with Crippen LogP contribution in [0.3, 0.4) is 0 Å². The Morgan fingerprint density at radius 1 is 1.15 bits per heavy atom. The van der Waals surface area contributed by atoms with Crippen LogP contribution in [0.25, 0.3) is 0 Å². The van der Waals surface area contributed by atoms with Crippen molar-refractivity contribution in [1.82, 2.24) is 0 Å². The number of alkyl halides is 2. The maximum Gasteiger partial charge on any atom is 1.00 e. The average molecular weight is 342 g/mol. The Labute approximate surface area is 152 Å². The van der Waals surface area contributed by atoms with E-state index < -0.39 is 38.8 Å². The number of ether oxygens (including phenoxy) is 1. The first kappa shape index (κ1) is 20.0. The molecule has 20 heavy (non-hydrogen) atoms. The molecule has 0 radical (unpaired) electrons. The van der Waals surface area contributed by atoms with Gasteiger partial charge in [0.15, 0.2) is 0 Å². The number of hydrogen-bond acceptors (Lipinski definition) is 4. The van der Waals surface area contributed by atoms with Crippen molar-refractivity contribution in [3.05, 3.63) is 36.2 Å². The minimum absolute atomic E-state index is 0. The van der Waals surface area contributed by atoms with Gasteiger partial charge in [0, 0.05) is 0 Å². The van der Waals surface area contributed by atoms with E-state index in [0.717, 1.165) is 12.1 Å². The third kappa shape index (κ3) is 5.06. The molecular weight excluding hydrogens is 338 g/mol. The number of hydrogen-bond donors (Lipinski definition) is 0. The first-order valence-electron chi connectivity index (χ1n) is 4.38. The van der Waals surface area contributed by atoms with Gasteiger partial charge in [-0.05, 0) is 12.1 Å². The molecule has 0 bridgehead atoms. The van der Waals surface area contributed by atoms with E-state index in [1.54, 1.807) is 0 Å². The van der Waals surface area contributed by atoms with E-state index in [-0.39, 0.29) is 51.4 Å². The fourth-order valence-corrected chi connectivity index (χ4v) is 1.64. The number of benzene rings is 1. The minimum atomic E-state index is -5.19. The van der Waals surface area contributed by atoms with E-state index in [1.165, 1.54) is 0 Å². The summed E-state index contributed by atoms with van der Waals surface area (Å²) >= 11 is 0. The molecule has 0 heterocycles. The molecule has 11 heteroatoms. The van der Waals surface area contributed by atoms with Crippen LogP contribution in [0.4, 0.5) is 22.0 Å². The van der Waals surface area contributed by atoms with Crippen molar-refractivity contribution in [2.75, 3.05) is 0 Å². The topological polar surface area (TPSA) is 66.4 Å². The molecule has 0 aliphatic carbocycles. The number of para-hydroxylation sites is 1. The van der Waals surface area contributed by atoms with Crippen molar-refractivity contribution >= 4 is 10.1 Å². The first-order valence-corrected chi connectivity index (χ1v) is 5.79. The van der Waals surface area contributed by atoms with Crippen LogP contribution < -0.4 is 56.1 Å². The van der Waals surface area contributed by atoms with Crippen LogP contribution in [0.5, 0.6) is 5.75 Å². The Kier molecular flexibility index (Phi) is 7.27. The molecule has 0 aromatic heterocycles. The second kappa shape index (κ2) is 7.29. The van der Waals surface area contributed by atoms with Gasteiger partial charge in [-0.25, -0.2) is 8.42 Å². The van der Waals surface area contributed by atoms with Crippen LogP contribution in [0.2, 0.25) is 0 Å². The molecule has 0 N–H and O–H groups in total. The zero-order valence-electron chi connectivity index (χ0n) is 9.74. The second-order valence-electron chi connectivity index (χ2n) is 3.09. The van der Waals surface area contributed by atoms with E-state index in [2.05, 4.69) is 4.74 Å². The van der Waals surface area contributed by atoms with Crippen molar-refractivity contribution in [1.29, 1.82) is 0 Å². The molecule has 0 aliphatic heterocycles. The van der Waals surface area contributed by atoms with E-state index >= 15 is 0 Å². The monoisotopic (exact) mass is 342 g/mol. The van der Waals surface area contributed by atoms with Gasteiger partial charge in [0.25, 0.3) is 5.83 Å². The molecule has 0 saturated carbocycles. The van der Waals surface area contributed by atoms with Crippen LogP contribution in [-0.4, -0.2) is 19.1 Å². The van der Waals surface area contributed by atoms with Crippen molar-refractivity contribution in [2.45, 2.75) is 11.0 Å². The minimum Gasteiger partial charge on any atom is -0.744 e. The van der Waals surface area contributed by atoms with Gasteiger partial charge < -0.3 is 9.29 Å². The molecule has 0 aliphatic rings. The summed E-state index contributed by atoms with van der Waals surface area (Å²) in [6.07, 6.45) is -8.42. The number of halogens is 5. The molecule has 4 nitrogen and oxygen atoms in total. The summed E-state index contributed by atoms with van der Waals surface area (Å²) in [5.74, 6) is -4.41. The Morgan fingerprint density at radius 3 is 2.10 bits per heavy atom. The third-order valence-corrected chi connectivity index (χ3v) is 2.65. The molecule has 1 rings (SSSR count). The zero-order chi connectivity index (χ0) is 14.8. The Hall–Kier alpha value is -0.0436. The van der Waals surface area contributed by atoms with Gasteiger partial charge in [0.1, 0.15) is 15.9 Å². The van der Waals surface area contributed by atoms with Gasteiger partial charge >= 0.3 is 63.6 Å². The van der Waals surface area contributed by atoms with E-state index in [0.29, 0.717) is 12.1 Å². The Morgan fingerprint density at radius 2 is 1.65 bits per heavy atom. The zero-order valence-corrected chi connectivity index (χ0v) is 13.7. The molecule has 0 fully saturated rings. The van der Waals surface area contributed by atoms with E-state index in [9.17, 15) is 34.9 Å². The van der Waals surface area contributed by atoms with Gasteiger partial charge in [-0.15, -0.1) is 0 Å². The van der Waals surface area contributed by atoms with E-state index in [4.69, 9.17) is 0 Å². The smallest absolute Gasteiger partial charge is 0.744 e. The summed E-state index contributed by atoms with van der Waals surface area (Å²) in [5, 5.41) is 0. The van der Waals surface area contributed by atoms with Gasteiger partial charge in [-0.3, -0.25) is 0 Å². The molecule has 0 unspecified atom stereocenters. The van der Waals surface area contributed by atoms with Crippen LogP contribution in [0, 0.1) is 0 Å².